The summed E-state index contributed by atoms with van der Waals surface area (Å²) in [5.41, 5.74) is 2.89. The molecule has 0 amide bonds. The minimum atomic E-state index is -0.871. The minimum absolute atomic E-state index is 0.250. The zero-order chi connectivity index (χ0) is 12.3. The molecular formula is C13H18O3. The van der Waals surface area contributed by atoms with Gasteiger partial charge in [0, 0.05) is 0 Å². The Morgan fingerprint density at radius 2 is 2.00 bits per heavy atom. The molecule has 0 radical (unpaired) electrons. The van der Waals surface area contributed by atoms with E-state index in [-0.39, 0.29) is 6.42 Å². The molecule has 0 saturated carbocycles. The molecule has 0 fully saturated rings. The summed E-state index contributed by atoms with van der Waals surface area (Å²) in [5, 5.41) is 18.8. The van der Waals surface area contributed by atoms with Gasteiger partial charge in [0.05, 0.1) is 12.0 Å². The fourth-order valence-electron chi connectivity index (χ4n) is 1.68. The summed E-state index contributed by atoms with van der Waals surface area (Å²) in [7, 11) is 0. The molecule has 3 nitrogen and oxygen atoms in total. The topological polar surface area (TPSA) is 57.5 Å². The van der Waals surface area contributed by atoms with Crippen molar-refractivity contribution in [1.29, 1.82) is 0 Å². The normalized spacial score (nSPS) is 14.5. The number of aliphatic hydroxyl groups is 1. The lowest BCUT2D eigenvalue weighted by Gasteiger charge is -2.16. The van der Waals surface area contributed by atoms with Crippen molar-refractivity contribution >= 4 is 5.97 Å². The minimum Gasteiger partial charge on any atom is -0.481 e. The van der Waals surface area contributed by atoms with E-state index in [2.05, 4.69) is 0 Å². The second kappa shape index (κ2) is 5.12. The maximum Gasteiger partial charge on any atom is 0.306 e. The third-order valence-corrected chi connectivity index (χ3v) is 2.79. The van der Waals surface area contributed by atoms with E-state index in [1.165, 1.54) is 0 Å². The molecule has 0 aliphatic rings. The highest BCUT2D eigenvalue weighted by molar-refractivity contribution is 5.69. The van der Waals surface area contributed by atoms with Crippen LogP contribution in [0.3, 0.4) is 0 Å². The van der Waals surface area contributed by atoms with Crippen LogP contribution in [0.25, 0.3) is 0 Å². The van der Waals surface area contributed by atoms with Gasteiger partial charge in [0.2, 0.25) is 0 Å². The van der Waals surface area contributed by atoms with Crippen LogP contribution in [0.1, 0.15) is 36.1 Å². The Labute approximate surface area is 95.7 Å². The molecule has 0 bridgehead atoms. The maximum absolute atomic E-state index is 10.7. The lowest BCUT2D eigenvalue weighted by atomic mass is 9.94. The number of carbonyl (C=O) groups is 1. The van der Waals surface area contributed by atoms with E-state index in [4.69, 9.17) is 5.11 Å². The van der Waals surface area contributed by atoms with Crippen molar-refractivity contribution in [2.45, 2.75) is 33.3 Å². The highest BCUT2D eigenvalue weighted by atomic mass is 16.4. The Bertz CT molecular complexity index is 385. The summed E-state index contributed by atoms with van der Waals surface area (Å²) in [6.45, 7) is 5.48. The quantitative estimate of drug-likeness (QED) is 0.822. The predicted molar refractivity (Wildman–Crippen MR) is 62.3 cm³/mol. The van der Waals surface area contributed by atoms with Crippen LogP contribution < -0.4 is 0 Å². The first-order chi connectivity index (χ1) is 7.41. The van der Waals surface area contributed by atoms with Crippen LogP contribution in [0.15, 0.2) is 18.2 Å². The first-order valence-corrected chi connectivity index (χ1v) is 5.40. The molecule has 1 rings (SSSR count). The standard InChI is InChI=1S/C13H18O3/c1-8-4-5-9(2)11(6-8)12(14)7-10(3)13(15)16/h4-6,10,12,14H,7H2,1-3H3,(H,15,16). The van der Waals surface area contributed by atoms with Crippen molar-refractivity contribution in [2.24, 2.45) is 5.92 Å². The average Bonchev–Trinajstić information content (AvgIpc) is 2.21. The summed E-state index contributed by atoms with van der Waals surface area (Å²) in [5.74, 6) is -1.40. The Hall–Kier alpha value is -1.35. The van der Waals surface area contributed by atoms with Crippen LogP contribution in [0.4, 0.5) is 0 Å². The van der Waals surface area contributed by atoms with Crippen molar-refractivity contribution in [2.75, 3.05) is 0 Å². The van der Waals surface area contributed by atoms with Crippen LogP contribution in [0.2, 0.25) is 0 Å². The number of carboxylic acid groups (broad SMARTS) is 1. The highest BCUT2D eigenvalue weighted by Crippen LogP contribution is 2.25. The monoisotopic (exact) mass is 222 g/mol. The zero-order valence-corrected chi connectivity index (χ0v) is 9.90. The van der Waals surface area contributed by atoms with E-state index in [0.717, 1.165) is 16.7 Å². The molecule has 0 heterocycles. The summed E-state index contributed by atoms with van der Waals surface area (Å²) < 4.78 is 0. The number of hydrogen-bond donors (Lipinski definition) is 2. The first-order valence-electron chi connectivity index (χ1n) is 5.40. The predicted octanol–water partition coefficient (Wildman–Crippen LogP) is 2.45. The van der Waals surface area contributed by atoms with Gasteiger partial charge in [-0.1, -0.05) is 30.7 Å². The van der Waals surface area contributed by atoms with Crippen molar-refractivity contribution in [3.8, 4) is 0 Å². The van der Waals surface area contributed by atoms with Gasteiger partial charge in [0.15, 0.2) is 0 Å². The fraction of sp³-hybridized carbons (Fsp3) is 0.462. The second-order valence-corrected chi connectivity index (χ2v) is 4.35. The number of carboxylic acids is 1. The third kappa shape index (κ3) is 3.07. The van der Waals surface area contributed by atoms with E-state index in [9.17, 15) is 9.90 Å². The van der Waals surface area contributed by atoms with Crippen LogP contribution in [0.5, 0.6) is 0 Å². The van der Waals surface area contributed by atoms with E-state index in [1.807, 2.05) is 32.0 Å². The smallest absolute Gasteiger partial charge is 0.306 e. The van der Waals surface area contributed by atoms with Crippen LogP contribution in [-0.2, 0) is 4.79 Å². The number of hydrogen-bond acceptors (Lipinski definition) is 2. The SMILES string of the molecule is Cc1ccc(C)c(C(O)CC(C)C(=O)O)c1. The van der Waals surface area contributed by atoms with Gasteiger partial charge in [-0.05, 0) is 31.4 Å². The summed E-state index contributed by atoms with van der Waals surface area (Å²) in [6.07, 6.45) is -0.453. The van der Waals surface area contributed by atoms with E-state index in [0.29, 0.717) is 0 Å². The van der Waals surface area contributed by atoms with Gasteiger partial charge in [-0.25, -0.2) is 0 Å². The summed E-state index contributed by atoms with van der Waals surface area (Å²) >= 11 is 0. The number of benzene rings is 1. The molecule has 2 unspecified atom stereocenters. The van der Waals surface area contributed by atoms with Gasteiger partial charge in [0.25, 0.3) is 0 Å². The number of rotatable bonds is 4. The Kier molecular flexibility index (Phi) is 4.07. The van der Waals surface area contributed by atoms with Crippen LogP contribution in [-0.4, -0.2) is 16.2 Å². The summed E-state index contributed by atoms with van der Waals surface area (Å²) in [4.78, 5) is 10.7. The van der Waals surface area contributed by atoms with Gasteiger partial charge in [0.1, 0.15) is 0 Å². The molecule has 0 aliphatic carbocycles. The molecule has 16 heavy (non-hydrogen) atoms. The molecule has 1 aromatic carbocycles. The summed E-state index contributed by atoms with van der Waals surface area (Å²) in [6, 6.07) is 5.83. The van der Waals surface area contributed by atoms with Crippen LogP contribution >= 0.6 is 0 Å². The van der Waals surface area contributed by atoms with E-state index >= 15 is 0 Å². The largest absolute Gasteiger partial charge is 0.481 e. The number of aliphatic hydroxyl groups excluding tert-OH is 1. The maximum atomic E-state index is 10.7. The second-order valence-electron chi connectivity index (χ2n) is 4.35. The van der Waals surface area contributed by atoms with Gasteiger partial charge in [-0.15, -0.1) is 0 Å². The van der Waals surface area contributed by atoms with E-state index in [1.54, 1.807) is 6.92 Å². The Morgan fingerprint density at radius 1 is 1.38 bits per heavy atom. The molecule has 0 saturated heterocycles. The zero-order valence-electron chi connectivity index (χ0n) is 9.90. The number of aryl methyl sites for hydroxylation is 2. The van der Waals surface area contributed by atoms with Gasteiger partial charge >= 0.3 is 5.97 Å². The molecule has 0 aliphatic heterocycles. The molecule has 3 heteroatoms. The highest BCUT2D eigenvalue weighted by Gasteiger charge is 2.18. The average molecular weight is 222 g/mol. The van der Waals surface area contributed by atoms with Gasteiger partial charge in [-0.2, -0.15) is 0 Å². The van der Waals surface area contributed by atoms with Crippen molar-refractivity contribution in [1.82, 2.24) is 0 Å². The molecule has 0 spiro atoms. The van der Waals surface area contributed by atoms with E-state index < -0.39 is 18.0 Å². The van der Waals surface area contributed by atoms with Crippen molar-refractivity contribution in [3.05, 3.63) is 34.9 Å². The molecule has 0 aromatic heterocycles. The van der Waals surface area contributed by atoms with Gasteiger partial charge in [-0.3, -0.25) is 4.79 Å². The number of aliphatic carboxylic acids is 1. The van der Waals surface area contributed by atoms with Crippen molar-refractivity contribution < 1.29 is 15.0 Å². The molecule has 2 atom stereocenters. The lowest BCUT2D eigenvalue weighted by molar-refractivity contribution is -0.142. The Morgan fingerprint density at radius 3 is 2.56 bits per heavy atom. The molecule has 2 N–H and O–H groups in total. The molecule has 1 aromatic rings. The molecular weight excluding hydrogens is 204 g/mol. The van der Waals surface area contributed by atoms with Gasteiger partial charge < -0.3 is 10.2 Å². The molecule has 88 valence electrons. The Balaban J connectivity index is 2.83. The van der Waals surface area contributed by atoms with Crippen LogP contribution in [0, 0.1) is 19.8 Å². The first kappa shape index (κ1) is 12.7. The fourth-order valence-corrected chi connectivity index (χ4v) is 1.68. The lowest BCUT2D eigenvalue weighted by Crippen LogP contribution is -2.14. The van der Waals surface area contributed by atoms with Crippen molar-refractivity contribution in [3.63, 3.8) is 0 Å². The third-order valence-electron chi connectivity index (χ3n) is 2.79.